The molecule has 1 aliphatic rings. The van der Waals surface area contributed by atoms with Crippen LogP contribution in [0.15, 0.2) is 54.6 Å². The van der Waals surface area contributed by atoms with E-state index < -0.39 is 5.60 Å². The van der Waals surface area contributed by atoms with E-state index in [-0.39, 0.29) is 12.2 Å². The number of hydrogen-bond donors (Lipinski definition) is 0. The largest absolute Gasteiger partial charge is 0.359 e. The van der Waals surface area contributed by atoms with Crippen LogP contribution in [0.1, 0.15) is 83.1 Å². The van der Waals surface area contributed by atoms with Crippen LogP contribution in [0, 0.1) is 0 Å². The fourth-order valence-corrected chi connectivity index (χ4v) is 4.04. The molecule has 0 fully saturated rings. The Morgan fingerprint density at radius 1 is 0.844 bits per heavy atom. The Labute approximate surface area is 195 Å². The Morgan fingerprint density at radius 2 is 1.41 bits per heavy atom. The molecule has 0 saturated heterocycles. The highest BCUT2D eigenvalue weighted by Gasteiger charge is 2.27. The van der Waals surface area contributed by atoms with Gasteiger partial charge in [-0.1, -0.05) is 81.0 Å². The van der Waals surface area contributed by atoms with Crippen LogP contribution in [-0.2, 0) is 19.0 Å². The van der Waals surface area contributed by atoms with Gasteiger partial charge in [-0.25, -0.2) is 0 Å². The highest BCUT2D eigenvalue weighted by atomic mass is 16.7. The molecular formula is C28H42O4. The minimum absolute atomic E-state index is 0.0299. The summed E-state index contributed by atoms with van der Waals surface area (Å²) in [5.74, 6) is 0.206. The lowest BCUT2D eigenvalue weighted by Gasteiger charge is -2.26. The number of benzene rings is 1. The summed E-state index contributed by atoms with van der Waals surface area (Å²) >= 11 is 0. The fourth-order valence-electron chi connectivity index (χ4n) is 4.04. The van der Waals surface area contributed by atoms with Crippen LogP contribution >= 0.6 is 0 Å². The molecule has 0 amide bonds. The maximum atomic E-state index is 11.7. The van der Waals surface area contributed by atoms with Crippen molar-refractivity contribution in [1.29, 1.82) is 0 Å². The minimum Gasteiger partial charge on any atom is -0.359 e. The number of unbranched alkanes of at least 4 members (excludes halogenated alkanes) is 7. The molecule has 0 bridgehead atoms. The molecule has 178 valence electrons. The fraction of sp³-hybridized carbons (Fsp3) is 0.607. The number of aldehydes is 1. The van der Waals surface area contributed by atoms with Gasteiger partial charge in [-0.3, -0.25) is 4.79 Å². The Balaban J connectivity index is 1.51. The van der Waals surface area contributed by atoms with Crippen LogP contribution in [0.4, 0.5) is 0 Å². The lowest BCUT2D eigenvalue weighted by Crippen LogP contribution is -2.32. The highest BCUT2D eigenvalue weighted by Crippen LogP contribution is 2.28. The van der Waals surface area contributed by atoms with Gasteiger partial charge in [0.1, 0.15) is 0 Å². The van der Waals surface area contributed by atoms with Gasteiger partial charge in [0, 0.05) is 25.7 Å². The molecule has 0 aromatic heterocycles. The average molecular weight is 443 g/mol. The summed E-state index contributed by atoms with van der Waals surface area (Å²) < 4.78 is 17.1. The molecule has 0 spiro atoms. The lowest BCUT2D eigenvalue weighted by molar-refractivity contribution is -0.140. The van der Waals surface area contributed by atoms with Crippen LogP contribution in [-0.4, -0.2) is 38.0 Å². The van der Waals surface area contributed by atoms with Gasteiger partial charge in [0.05, 0.1) is 0 Å². The van der Waals surface area contributed by atoms with Crippen LogP contribution in [0.3, 0.4) is 0 Å². The molecule has 1 aromatic rings. The van der Waals surface area contributed by atoms with E-state index in [1.165, 1.54) is 44.1 Å². The molecular weight excluding hydrogens is 400 g/mol. The molecule has 0 radical (unpaired) electrons. The number of carbonyl (C=O) groups is 1. The SMILES string of the molecule is CCOC(CCCCCCCCCCOC1(C=O)C=CC(c2ccccc2)C=C1)OCC. The molecule has 0 aliphatic heterocycles. The van der Waals surface area contributed by atoms with E-state index in [0.717, 1.165) is 25.5 Å². The van der Waals surface area contributed by atoms with Crippen molar-refractivity contribution >= 4 is 6.29 Å². The molecule has 4 heteroatoms. The Kier molecular flexibility index (Phi) is 13.2. The van der Waals surface area contributed by atoms with E-state index in [9.17, 15) is 4.79 Å². The average Bonchev–Trinajstić information content (AvgIpc) is 2.83. The Morgan fingerprint density at radius 3 is 1.97 bits per heavy atom. The number of allylic oxidation sites excluding steroid dienone is 2. The van der Waals surface area contributed by atoms with Crippen molar-refractivity contribution in [3.63, 3.8) is 0 Å². The first-order valence-corrected chi connectivity index (χ1v) is 12.5. The smallest absolute Gasteiger partial charge is 0.159 e. The Hall–Kier alpha value is -1.75. The third-order valence-electron chi connectivity index (χ3n) is 5.89. The maximum absolute atomic E-state index is 11.7. The second-order valence-corrected chi connectivity index (χ2v) is 8.43. The predicted molar refractivity (Wildman–Crippen MR) is 131 cm³/mol. The van der Waals surface area contributed by atoms with Crippen molar-refractivity contribution in [2.45, 2.75) is 89.4 Å². The van der Waals surface area contributed by atoms with Crippen molar-refractivity contribution in [3.8, 4) is 0 Å². The first-order valence-electron chi connectivity index (χ1n) is 12.5. The van der Waals surface area contributed by atoms with Crippen molar-refractivity contribution in [3.05, 3.63) is 60.2 Å². The summed E-state index contributed by atoms with van der Waals surface area (Å²) in [6, 6.07) is 10.3. The lowest BCUT2D eigenvalue weighted by atomic mass is 9.89. The monoisotopic (exact) mass is 442 g/mol. The van der Waals surface area contributed by atoms with E-state index in [1.807, 2.05) is 44.2 Å². The zero-order chi connectivity index (χ0) is 22.9. The third-order valence-corrected chi connectivity index (χ3v) is 5.89. The number of carbonyl (C=O) groups excluding carboxylic acids is 1. The van der Waals surface area contributed by atoms with Crippen molar-refractivity contribution < 1.29 is 19.0 Å². The van der Waals surface area contributed by atoms with Crippen LogP contribution in [0.5, 0.6) is 0 Å². The van der Waals surface area contributed by atoms with Crippen molar-refractivity contribution in [2.75, 3.05) is 19.8 Å². The quantitative estimate of drug-likeness (QED) is 0.109. The van der Waals surface area contributed by atoms with E-state index in [4.69, 9.17) is 14.2 Å². The van der Waals surface area contributed by atoms with E-state index in [0.29, 0.717) is 19.8 Å². The summed E-state index contributed by atoms with van der Waals surface area (Å²) in [6.07, 6.45) is 19.4. The van der Waals surface area contributed by atoms with Gasteiger partial charge >= 0.3 is 0 Å². The molecule has 4 nitrogen and oxygen atoms in total. The van der Waals surface area contributed by atoms with Crippen LogP contribution < -0.4 is 0 Å². The first-order chi connectivity index (χ1) is 15.7. The third kappa shape index (κ3) is 9.81. The summed E-state index contributed by atoms with van der Waals surface area (Å²) in [5.41, 5.74) is 0.328. The standard InChI is InChI=1S/C28H42O4/c1-3-30-27(31-4-2)18-14-9-7-5-6-8-10-15-23-32-28(24-29)21-19-26(20-22-28)25-16-12-11-13-17-25/h11-13,16-17,19-22,24,26-27H,3-10,14-15,18,23H2,1-2H3. The number of ether oxygens (including phenoxy) is 3. The predicted octanol–water partition coefficient (Wildman–Crippen LogP) is 6.76. The van der Waals surface area contributed by atoms with Crippen molar-refractivity contribution in [2.24, 2.45) is 0 Å². The molecule has 1 aromatic carbocycles. The number of rotatable bonds is 18. The van der Waals surface area contributed by atoms with Gasteiger partial charge in [-0.2, -0.15) is 0 Å². The molecule has 32 heavy (non-hydrogen) atoms. The molecule has 0 atom stereocenters. The molecule has 0 N–H and O–H groups in total. The second kappa shape index (κ2) is 16.0. The zero-order valence-corrected chi connectivity index (χ0v) is 20.0. The van der Waals surface area contributed by atoms with Gasteiger partial charge in [0.25, 0.3) is 0 Å². The van der Waals surface area contributed by atoms with E-state index in [2.05, 4.69) is 24.3 Å². The van der Waals surface area contributed by atoms with Gasteiger partial charge in [0.2, 0.25) is 0 Å². The van der Waals surface area contributed by atoms with Crippen LogP contribution in [0.25, 0.3) is 0 Å². The molecule has 1 aliphatic carbocycles. The molecule has 2 rings (SSSR count). The van der Waals surface area contributed by atoms with Gasteiger partial charge in [0.15, 0.2) is 18.2 Å². The highest BCUT2D eigenvalue weighted by molar-refractivity contribution is 5.71. The van der Waals surface area contributed by atoms with Gasteiger partial charge in [-0.15, -0.1) is 0 Å². The Bertz CT molecular complexity index is 647. The summed E-state index contributed by atoms with van der Waals surface area (Å²) in [4.78, 5) is 11.7. The number of hydrogen-bond acceptors (Lipinski definition) is 4. The normalized spacial score (nSPS) is 20.2. The molecule has 0 saturated carbocycles. The van der Waals surface area contributed by atoms with Crippen LogP contribution in [0.2, 0.25) is 0 Å². The molecule has 0 heterocycles. The zero-order valence-electron chi connectivity index (χ0n) is 20.0. The van der Waals surface area contributed by atoms with E-state index in [1.54, 1.807) is 0 Å². The van der Waals surface area contributed by atoms with E-state index >= 15 is 0 Å². The topological polar surface area (TPSA) is 44.8 Å². The first kappa shape index (κ1) is 26.5. The molecule has 0 unspecified atom stereocenters. The van der Waals surface area contributed by atoms with Crippen molar-refractivity contribution in [1.82, 2.24) is 0 Å². The summed E-state index contributed by atoms with van der Waals surface area (Å²) in [6.45, 7) is 6.06. The minimum atomic E-state index is -0.897. The van der Waals surface area contributed by atoms with Gasteiger partial charge < -0.3 is 14.2 Å². The summed E-state index contributed by atoms with van der Waals surface area (Å²) in [5, 5.41) is 0. The maximum Gasteiger partial charge on any atom is 0.159 e. The second-order valence-electron chi connectivity index (χ2n) is 8.43. The summed E-state index contributed by atoms with van der Waals surface area (Å²) in [7, 11) is 0. The van der Waals surface area contributed by atoms with Gasteiger partial charge in [-0.05, 0) is 50.8 Å².